The van der Waals surface area contributed by atoms with E-state index >= 15 is 0 Å². The molecule has 3 N–H and O–H groups in total. The van der Waals surface area contributed by atoms with Crippen LogP contribution in [0.25, 0.3) is 0 Å². The lowest BCUT2D eigenvalue weighted by Crippen LogP contribution is -2.34. The zero-order chi connectivity index (χ0) is 19.9. The summed E-state index contributed by atoms with van der Waals surface area (Å²) < 4.78 is 5.86. The van der Waals surface area contributed by atoms with Crippen molar-refractivity contribution in [1.82, 2.24) is 10.6 Å². The number of thiocarbonyl (C=S) groups is 1. The van der Waals surface area contributed by atoms with Gasteiger partial charge in [0.1, 0.15) is 5.76 Å². The predicted octanol–water partition coefficient (Wildman–Crippen LogP) is 4.10. The summed E-state index contributed by atoms with van der Waals surface area (Å²) in [6.07, 6.45) is 1.55. The normalized spacial score (nSPS) is 10.2. The lowest BCUT2D eigenvalue weighted by atomic mass is 10.2. The Labute approximate surface area is 175 Å². The van der Waals surface area contributed by atoms with E-state index in [0.717, 1.165) is 0 Å². The van der Waals surface area contributed by atoms with Gasteiger partial charge in [-0.3, -0.25) is 14.9 Å². The molecule has 0 unspecified atom stereocenters. The van der Waals surface area contributed by atoms with Crippen LogP contribution in [0.2, 0.25) is 0 Å². The summed E-state index contributed by atoms with van der Waals surface area (Å²) in [5, 5.41) is 8.44. The number of nitrogens with one attached hydrogen (secondary N) is 3. The van der Waals surface area contributed by atoms with Gasteiger partial charge in [0.05, 0.1) is 18.4 Å². The first kappa shape index (κ1) is 19.8. The third-order valence-corrected chi connectivity index (χ3v) is 4.63. The summed E-state index contributed by atoms with van der Waals surface area (Å²) in [6, 6.07) is 17.4. The van der Waals surface area contributed by atoms with Gasteiger partial charge in [0.2, 0.25) is 0 Å². The van der Waals surface area contributed by atoms with E-state index in [1.54, 1.807) is 60.9 Å². The molecule has 0 spiro atoms. The van der Waals surface area contributed by atoms with Gasteiger partial charge in [-0.05, 0) is 70.6 Å². The number of amides is 2. The van der Waals surface area contributed by atoms with Gasteiger partial charge >= 0.3 is 0 Å². The largest absolute Gasteiger partial charge is 0.467 e. The van der Waals surface area contributed by atoms with Gasteiger partial charge in [-0.15, -0.1) is 0 Å². The van der Waals surface area contributed by atoms with E-state index in [9.17, 15) is 9.59 Å². The summed E-state index contributed by atoms with van der Waals surface area (Å²) in [6.45, 7) is 0.296. The first-order valence-electron chi connectivity index (χ1n) is 8.30. The Morgan fingerprint density at radius 1 is 1.00 bits per heavy atom. The van der Waals surface area contributed by atoms with E-state index in [-0.39, 0.29) is 16.9 Å². The van der Waals surface area contributed by atoms with Crippen LogP contribution in [0.5, 0.6) is 0 Å². The van der Waals surface area contributed by atoms with Crippen LogP contribution in [0.4, 0.5) is 5.69 Å². The van der Waals surface area contributed by atoms with Crippen molar-refractivity contribution in [1.29, 1.82) is 0 Å². The molecule has 0 aliphatic rings. The molecule has 3 aromatic rings. The van der Waals surface area contributed by atoms with Crippen LogP contribution >= 0.6 is 28.1 Å². The van der Waals surface area contributed by atoms with E-state index in [0.29, 0.717) is 33.6 Å². The molecule has 3 rings (SSSR count). The number of hydrogen-bond acceptors (Lipinski definition) is 4. The van der Waals surface area contributed by atoms with Crippen LogP contribution in [-0.4, -0.2) is 16.9 Å². The van der Waals surface area contributed by atoms with Gasteiger partial charge in [-0.2, -0.15) is 0 Å². The lowest BCUT2D eigenvalue weighted by Gasteiger charge is -2.11. The number of rotatable bonds is 5. The standard InChI is InChI=1S/C20H16BrN3O3S/c21-17-9-2-1-8-16(17)19(26)24-20(28)23-14-6-3-5-13(11-14)18(25)22-12-15-7-4-10-27-15/h1-11H,12H2,(H,22,25)(H2,23,24,26,28). The third-order valence-electron chi connectivity index (χ3n) is 3.73. The Hall–Kier alpha value is -2.97. The number of furan rings is 1. The first-order valence-corrected chi connectivity index (χ1v) is 9.50. The van der Waals surface area contributed by atoms with E-state index in [2.05, 4.69) is 31.9 Å². The van der Waals surface area contributed by atoms with Gasteiger partial charge in [-0.25, -0.2) is 0 Å². The smallest absolute Gasteiger partial charge is 0.258 e. The van der Waals surface area contributed by atoms with Crippen molar-refractivity contribution in [3.63, 3.8) is 0 Å². The fraction of sp³-hybridized carbons (Fsp3) is 0.0500. The highest BCUT2D eigenvalue weighted by Gasteiger charge is 2.12. The van der Waals surface area contributed by atoms with Crippen molar-refractivity contribution in [2.24, 2.45) is 0 Å². The van der Waals surface area contributed by atoms with Crippen LogP contribution in [0, 0.1) is 0 Å². The predicted molar refractivity (Wildman–Crippen MR) is 114 cm³/mol. The Balaban J connectivity index is 1.59. The molecule has 2 aromatic carbocycles. The van der Waals surface area contributed by atoms with Gasteiger partial charge in [0.15, 0.2) is 5.11 Å². The first-order chi connectivity index (χ1) is 13.5. The fourth-order valence-corrected chi connectivity index (χ4v) is 3.07. The van der Waals surface area contributed by atoms with E-state index in [4.69, 9.17) is 16.6 Å². The molecule has 142 valence electrons. The minimum absolute atomic E-state index is 0.133. The van der Waals surface area contributed by atoms with Crippen molar-refractivity contribution in [2.45, 2.75) is 6.54 Å². The summed E-state index contributed by atoms with van der Waals surface area (Å²) in [5.41, 5.74) is 1.51. The number of halogens is 1. The molecule has 8 heteroatoms. The molecule has 0 aliphatic carbocycles. The summed E-state index contributed by atoms with van der Waals surface area (Å²) in [7, 11) is 0. The molecule has 0 fully saturated rings. The molecule has 2 amide bonds. The fourth-order valence-electron chi connectivity index (χ4n) is 2.40. The van der Waals surface area contributed by atoms with Crippen LogP contribution in [0.15, 0.2) is 75.8 Å². The maximum atomic E-state index is 12.3. The topological polar surface area (TPSA) is 83.4 Å². The van der Waals surface area contributed by atoms with Crippen molar-refractivity contribution >= 4 is 50.8 Å². The van der Waals surface area contributed by atoms with E-state index < -0.39 is 0 Å². The molecule has 0 saturated carbocycles. The number of carbonyl (C=O) groups is 2. The van der Waals surface area contributed by atoms with Crippen LogP contribution in [-0.2, 0) is 6.54 Å². The highest BCUT2D eigenvalue weighted by molar-refractivity contribution is 9.10. The second-order valence-electron chi connectivity index (χ2n) is 5.73. The molecule has 1 aromatic heterocycles. The molecule has 6 nitrogen and oxygen atoms in total. The number of anilines is 1. The maximum absolute atomic E-state index is 12.3. The molecule has 28 heavy (non-hydrogen) atoms. The number of carbonyl (C=O) groups excluding carboxylic acids is 2. The van der Waals surface area contributed by atoms with Crippen LogP contribution < -0.4 is 16.0 Å². The highest BCUT2D eigenvalue weighted by Crippen LogP contribution is 2.16. The monoisotopic (exact) mass is 457 g/mol. The van der Waals surface area contributed by atoms with Crippen molar-refractivity contribution in [2.75, 3.05) is 5.32 Å². The molecule has 0 radical (unpaired) electrons. The highest BCUT2D eigenvalue weighted by atomic mass is 79.9. The zero-order valence-corrected chi connectivity index (χ0v) is 17.0. The molecule has 0 saturated heterocycles. The van der Waals surface area contributed by atoms with E-state index in [1.165, 1.54) is 0 Å². The second kappa shape index (κ2) is 9.29. The molecule has 0 atom stereocenters. The molecular weight excluding hydrogens is 442 g/mol. The van der Waals surface area contributed by atoms with Crippen LogP contribution in [0.3, 0.4) is 0 Å². The Morgan fingerprint density at radius 3 is 2.57 bits per heavy atom. The van der Waals surface area contributed by atoms with Crippen LogP contribution in [0.1, 0.15) is 26.5 Å². The Bertz CT molecular complexity index is 1010. The molecular formula is C20H16BrN3O3S. The quantitative estimate of drug-likeness (QED) is 0.502. The second-order valence-corrected chi connectivity index (χ2v) is 6.99. The Morgan fingerprint density at radius 2 is 1.82 bits per heavy atom. The van der Waals surface area contributed by atoms with Crippen molar-refractivity contribution in [3.05, 3.63) is 88.3 Å². The number of hydrogen-bond donors (Lipinski definition) is 3. The SMILES string of the molecule is O=C(NCc1ccco1)c1cccc(NC(=S)NC(=O)c2ccccc2Br)c1. The Kier molecular flexibility index (Phi) is 6.57. The summed E-state index contributed by atoms with van der Waals surface area (Å²) >= 11 is 8.53. The van der Waals surface area contributed by atoms with Gasteiger partial charge in [0, 0.05) is 15.7 Å². The summed E-state index contributed by atoms with van der Waals surface area (Å²) in [5.74, 6) is 0.0825. The summed E-state index contributed by atoms with van der Waals surface area (Å²) in [4.78, 5) is 24.6. The third kappa shape index (κ3) is 5.28. The van der Waals surface area contributed by atoms with Crippen molar-refractivity contribution in [3.8, 4) is 0 Å². The lowest BCUT2D eigenvalue weighted by molar-refractivity contribution is 0.0946. The molecule has 0 bridgehead atoms. The van der Waals surface area contributed by atoms with Gasteiger partial charge in [0.25, 0.3) is 11.8 Å². The zero-order valence-electron chi connectivity index (χ0n) is 14.6. The molecule has 1 heterocycles. The minimum Gasteiger partial charge on any atom is -0.467 e. The van der Waals surface area contributed by atoms with Gasteiger partial charge in [-0.1, -0.05) is 18.2 Å². The van der Waals surface area contributed by atoms with Crippen molar-refractivity contribution < 1.29 is 14.0 Å². The number of benzene rings is 2. The van der Waals surface area contributed by atoms with E-state index in [1.807, 2.05) is 6.07 Å². The maximum Gasteiger partial charge on any atom is 0.258 e. The molecule has 0 aliphatic heterocycles. The average molecular weight is 458 g/mol. The van der Waals surface area contributed by atoms with Gasteiger partial charge < -0.3 is 15.1 Å². The average Bonchev–Trinajstić information content (AvgIpc) is 3.20. The minimum atomic E-state index is -0.336.